The molecule has 1 aromatic carbocycles. The van der Waals surface area contributed by atoms with Crippen molar-refractivity contribution < 1.29 is 14.6 Å². The van der Waals surface area contributed by atoms with Crippen molar-refractivity contribution in [2.45, 2.75) is 25.3 Å². The van der Waals surface area contributed by atoms with Crippen LogP contribution >= 0.6 is 0 Å². The second-order valence-electron chi connectivity index (χ2n) is 3.54. The van der Waals surface area contributed by atoms with E-state index in [1.54, 1.807) is 12.1 Å². The van der Waals surface area contributed by atoms with Gasteiger partial charge in [-0.2, -0.15) is 0 Å². The number of nitrogens with one attached hydrogen (secondary N) is 1. The first-order valence-electron chi connectivity index (χ1n) is 5.04. The Morgan fingerprint density at radius 2 is 2.00 bits per heavy atom. The van der Waals surface area contributed by atoms with Crippen LogP contribution in [0.4, 0.5) is 4.79 Å². The molecule has 1 aromatic rings. The summed E-state index contributed by atoms with van der Waals surface area (Å²) in [5.74, 6) is 0.515. The summed E-state index contributed by atoms with van der Waals surface area (Å²) >= 11 is 0. The minimum atomic E-state index is -0.524. The number of rotatable bonds is 3. The van der Waals surface area contributed by atoms with Crippen LogP contribution in [0.15, 0.2) is 30.3 Å². The summed E-state index contributed by atoms with van der Waals surface area (Å²) in [5, 5.41) is 2.70. The molecule has 1 saturated carbocycles. The lowest BCUT2D eigenvalue weighted by atomic mass is 9.93. The highest BCUT2D eigenvalue weighted by molar-refractivity contribution is 5.67. The molecule has 4 nitrogen and oxygen atoms in total. The zero-order valence-electron chi connectivity index (χ0n) is 8.31. The standard InChI is InChI=1S/C11H13NO3/c13-11(12-9-5-4-6-9)15-14-10-7-2-1-3-8-10/h1-3,7-9H,4-6H2,(H,12,13). The van der Waals surface area contributed by atoms with Gasteiger partial charge in [-0.15, -0.1) is 0 Å². The van der Waals surface area contributed by atoms with Crippen molar-refractivity contribution in [3.63, 3.8) is 0 Å². The maximum atomic E-state index is 11.2. The molecule has 0 radical (unpaired) electrons. The van der Waals surface area contributed by atoms with Crippen LogP contribution in [0.3, 0.4) is 0 Å². The smallest absolute Gasteiger partial charge is 0.316 e. The van der Waals surface area contributed by atoms with Crippen LogP contribution in [-0.2, 0) is 4.89 Å². The third kappa shape index (κ3) is 2.87. The number of carbonyl (C=O) groups excluding carboxylic acids is 1. The summed E-state index contributed by atoms with van der Waals surface area (Å²) in [6.07, 6.45) is 2.70. The summed E-state index contributed by atoms with van der Waals surface area (Å²) in [6, 6.07) is 9.18. The lowest BCUT2D eigenvalue weighted by Crippen LogP contribution is -2.40. The van der Waals surface area contributed by atoms with Gasteiger partial charge in [-0.1, -0.05) is 18.2 Å². The molecular weight excluding hydrogens is 194 g/mol. The monoisotopic (exact) mass is 207 g/mol. The minimum Gasteiger partial charge on any atom is -0.316 e. The highest BCUT2D eigenvalue weighted by Gasteiger charge is 2.20. The number of amides is 1. The van der Waals surface area contributed by atoms with Crippen molar-refractivity contribution in [2.24, 2.45) is 0 Å². The average Bonchev–Trinajstić information content (AvgIpc) is 2.22. The molecule has 1 amide bonds. The van der Waals surface area contributed by atoms with E-state index in [2.05, 4.69) is 10.2 Å². The van der Waals surface area contributed by atoms with E-state index >= 15 is 0 Å². The fourth-order valence-electron chi connectivity index (χ4n) is 1.31. The molecule has 2 rings (SSSR count). The van der Waals surface area contributed by atoms with E-state index < -0.39 is 6.09 Å². The van der Waals surface area contributed by atoms with Crippen LogP contribution in [0, 0.1) is 0 Å². The molecule has 80 valence electrons. The van der Waals surface area contributed by atoms with E-state index in [1.165, 1.54) is 6.42 Å². The molecule has 0 spiro atoms. The predicted molar refractivity (Wildman–Crippen MR) is 54.3 cm³/mol. The quantitative estimate of drug-likeness (QED) is 0.611. The van der Waals surface area contributed by atoms with E-state index in [0.717, 1.165) is 12.8 Å². The van der Waals surface area contributed by atoms with E-state index in [4.69, 9.17) is 4.89 Å². The Hall–Kier alpha value is -1.71. The van der Waals surface area contributed by atoms with Crippen molar-refractivity contribution in [1.82, 2.24) is 5.32 Å². The van der Waals surface area contributed by atoms with Crippen LogP contribution < -0.4 is 10.2 Å². The van der Waals surface area contributed by atoms with Crippen molar-refractivity contribution in [3.8, 4) is 5.75 Å². The highest BCUT2D eigenvalue weighted by Crippen LogP contribution is 2.18. The zero-order chi connectivity index (χ0) is 10.5. The van der Waals surface area contributed by atoms with Gasteiger partial charge < -0.3 is 5.32 Å². The molecule has 1 fully saturated rings. The fourth-order valence-corrected chi connectivity index (χ4v) is 1.31. The second-order valence-corrected chi connectivity index (χ2v) is 3.54. The van der Waals surface area contributed by atoms with Gasteiger partial charge in [-0.3, -0.25) is 4.89 Å². The predicted octanol–water partition coefficient (Wildman–Crippen LogP) is 2.26. The Bertz CT molecular complexity index is 322. The zero-order valence-corrected chi connectivity index (χ0v) is 8.31. The molecule has 0 aliphatic heterocycles. The Kier molecular flexibility index (Phi) is 3.07. The topological polar surface area (TPSA) is 47.6 Å². The first-order chi connectivity index (χ1) is 7.34. The molecule has 1 aliphatic carbocycles. The molecule has 0 heterocycles. The molecule has 0 saturated heterocycles. The largest absolute Gasteiger partial charge is 0.450 e. The van der Waals surface area contributed by atoms with Gasteiger partial charge in [0.05, 0.1) is 0 Å². The van der Waals surface area contributed by atoms with Gasteiger partial charge in [-0.05, 0) is 31.4 Å². The maximum Gasteiger partial charge on any atom is 0.450 e. The number of para-hydroxylation sites is 1. The SMILES string of the molecule is O=C(NC1CCC1)OOc1ccccc1. The second kappa shape index (κ2) is 4.68. The summed E-state index contributed by atoms with van der Waals surface area (Å²) in [5.41, 5.74) is 0. The molecule has 4 heteroatoms. The van der Waals surface area contributed by atoms with Crippen LogP contribution in [0.25, 0.3) is 0 Å². The number of carbonyl (C=O) groups is 1. The fraction of sp³-hybridized carbons (Fsp3) is 0.364. The third-order valence-electron chi connectivity index (χ3n) is 2.38. The molecule has 0 unspecified atom stereocenters. The Morgan fingerprint density at radius 1 is 1.27 bits per heavy atom. The highest BCUT2D eigenvalue weighted by atomic mass is 17.2. The van der Waals surface area contributed by atoms with Crippen LogP contribution in [-0.4, -0.2) is 12.1 Å². The number of hydrogen-bond acceptors (Lipinski definition) is 3. The number of benzene rings is 1. The summed E-state index contributed by atoms with van der Waals surface area (Å²) < 4.78 is 0. The van der Waals surface area contributed by atoms with Gasteiger partial charge in [0.2, 0.25) is 0 Å². The number of hydrogen-bond donors (Lipinski definition) is 1. The third-order valence-corrected chi connectivity index (χ3v) is 2.38. The van der Waals surface area contributed by atoms with Crippen LogP contribution in [0.2, 0.25) is 0 Å². The summed E-state index contributed by atoms with van der Waals surface area (Å²) in [7, 11) is 0. The van der Waals surface area contributed by atoms with Crippen molar-refractivity contribution >= 4 is 6.09 Å². The minimum absolute atomic E-state index is 0.261. The normalized spacial score (nSPS) is 15.2. The van der Waals surface area contributed by atoms with E-state index in [0.29, 0.717) is 5.75 Å². The summed E-state index contributed by atoms with van der Waals surface area (Å²) in [4.78, 5) is 20.6. The molecule has 0 bridgehead atoms. The first-order valence-corrected chi connectivity index (χ1v) is 5.04. The van der Waals surface area contributed by atoms with Crippen molar-refractivity contribution in [1.29, 1.82) is 0 Å². The van der Waals surface area contributed by atoms with E-state index in [1.807, 2.05) is 18.2 Å². The molecule has 1 aliphatic rings. The molecule has 1 N–H and O–H groups in total. The van der Waals surface area contributed by atoms with E-state index in [9.17, 15) is 4.79 Å². The Labute approximate surface area is 88.1 Å². The lowest BCUT2D eigenvalue weighted by Gasteiger charge is -2.25. The van der Waals surface area contributed by atoms with Gasteiger partial charge in [-0.25, -0.2) is 9.68 Å². The van der Waals surface area contributed by atoms with E-state index in [-0.39, 0.29) is 6.04 Å². The van der Waals surface area contributed by atoms with Gasteiger partial charge >= 0.3 is 6.09 Å². The summed E-state index contributed by atoms with van der Waals surface area (Å²) in [6.45, 7) is 0. The average molecular weight is 207 g/mol. The Morgan fingerprint density at radius 3 is 2.60 bits per heavy atom. The molecule has 0 aromatic heterocycles. The molecular formula is C11H13NO3. The lowest BCUT2D eigenvalue weighted by molar-refractivity contribution is -0.143. The van der Waals surface area contributed by atoms with Gasteiger partial charge in [0.25, 0.3) is 0 Å². The van der Waals surface area contributed by atoms with Gasteiger partial charge in [0.15, 0.2) is 5.75 Å². The maximum absolute atomic E-state index is 11.2. The van der Waals surface area contributed by atoms with Crippen molar-refractivity contribution in [3.05, 3.63) is 30.3 Å². The Balaban J connectivity index is 1.71. The first kappa shape index (κ1) is 9.83. The van der Waals surface area contributed by atoms with Crippen LogP contribution in [0.5, 0.6) is 5.75 Å². The van der Waals surface area contributed by atoms with Gasteiger partial charge in [0, 0.05) is 6.04 Å². The van der Waals surface area contributed by atoms with Crippen LogP contribution in [0.1, 0.15) is 19.3 Å². The molecule has 15 heavy (non-hydrogen) atoms. The van der Waals surface area contributed by atoms with Gasteiger partial charge in [0.1, 0.15) is 0 Å². The molecule has 0 atom stereocenters. The van der Waals surface area contributed by atoms with Crippen molar-refractivity contribution in [2.75, 3.05) is 0 Å².